The van der Waals surface area contributed by atoms with Gasteiger partial charge in [0.1, 0.15) is 5.75 Å². The van der Waals surface area contributed by atoms with E-state index < -0.39 is 6.61 Å². The maximum atomic E-state index is 12.3. The second kappa shape index (κ2) is 6.85. The van der Waals surface area contributed by atoms with Crippen molar-refractivity contribution in [3.8, 4) is 5.75 Å². The smallest absolute Gasteiger partial charge is 0.387 e. The molecule has 0 aliphatic carbocycles. The van der Waals surface area contributed by atoms with Gasteiger partial charge in [-0.15, -0.1) is 0 Å². The third-order valence-electron chi connectivity index (χ3n) is 3.11. The standard InChI is InChI=1S/C15H15ClF2N2O/c1-9-5-6-11(8-13(9)16)14(20-19)10-3-2-4-12(7-10)21-15(17)18/h2-8,14-15,20H,19H2,1H3. The summed E-state index contributed by atoms with van der Waals surface area (Å²) in [7, 11) is 0. The minimum Gasteiger partial charge on any atom is -0.435 e. The molecule has 2 aromatic rings. The van der Waals surface area contributed by atoms with Crippen molar-refractivity contribution in [2.45, 2.75) is 19.6 Å². The Kier molecular flexibility index (Phi) is 5.12. The molecule has 0 aliphatic heterocycles. The summed E-state index contributed by atoms with van der Waals surface area (Å²) >= 11 is 6.11. The van der Waals surface area contributed by atoms with Gasteiger partial charge in [-0.2, -0.15) is 8.78 Å². The number of benzene rings is 2. The maximum Gasteiger partial charge on any atom is 0.387 e. The quantitative estimate of drug-likeness (QED) is 0.652. The number of aryl methyl sites for hydroxylation is 1. The van der Waals surface area contributed by atoms with Crippen molar-refractivity contribution < 1.29 is 13.5 Å². The highest BCUT2D eigenvalue weighted by atomic mass is 35.5. The first-order chi connectivity index (χ1) is 10.0. The Bertz CT molecular complexity index is 622. The largest absolute Gasteiger partial charge is 0.435 e. The molecule has 3 nitrogen and oxygen atoms in total. The van der Waals surface area contributed by atoms with E-state index in [2.05, 4.69) is 10.2 Å². The summed E-state index contributed by atoms with van der Waals surface area (Å²) in [6.45, 7) is -0.966. The molecule has 21 heavy (non-hydrogen) atoms. The zero-order chi connectivity index (χ0) is 15.4. The van der Waals surface area contributed by atoms with Crippen molar-refractivity contribution in [1.29, 1.82) is 0 Å². The van der Waals surface area contributed by atoms with E-state index in [0.29, 0.717) is 10.6 Å². The van der Waals surface area contributed by atoms with Crippen LogP contribution >= 0.6 is 11.6 Å². The normalized spacial score (nSPS) is 12.5. The van der Waals surface area contributed by atoms with Gasteiger partial charge in [-0.1, -0.05) is 35.9 Å². The first-order valence-electron chi connectivity index (χ1n) is 6.28. The van der Waals surface area contributed by atoms with Gasteiger partial charge < -0.3 is 4.74 Å². The highest BCUT2D eigenvalue weighted by molar-refractivity contribution is 6.31. The van der Waals surface area contributed by atoms with Gasteiger partial charge in [0.25, 0.3) is 0 Å². The fraction of sp³-hybridized carbons (Fsp3) is 0.200. The number of alkyl halides is 2. The third-order valence-corrected chi connectivity index (χ3v) is 3.52. The Morgan fingerprint density at radius 3 is 2.48 bits per heavy atom. The van der Waals surface area contributed by atoms with Crippen LogP contribution in [0.15, 0.2) is 42.5 Å². The average molecular weight is 313 g/mol. The zero-order valence-electron chi connectivity index (χ0n) is 11.3. The zero-order valence-corrected chi connectivity index (χ0v) is 12.1. The number of hydrazine groups is 1. The van der Waals surface area contributed by atoms with E-state index in [9.17, 15) is 8.78 Å². The maximum absolute atomic E-state index is 12.3. The molecule has 0 aromatic heterocycles. The molecule has 6 heteroatoms. The molecule has 0 bridgehead atoms. The molecular formula is C15H15ClF2N2O. The Balaban J connectivity index is 2.34. The summed E-state index contributed by atoms with van der Waals surface area (Å²) in [4.78, 5) is 0. The Labute approximate surface area is 126 Å². The van der Waals surface area contributed by atoms with E-state index in [1.165, 1.54) is 12.1 Å². The van der Waals surface area contributed by atoms with Crippen molar-refractivity contribution in [3.63, 3.8) is 0 Å². The predicted octanol–water partition coefficient (Wildman–Crippen LogP) is 3.80. The number of ether oxygens (including phenoxy) is 1. The van der Waals surface area contributed by atoms with Gasteiger partial charge >= 0.3 is 6.61 Å². The summed E-state index contributed by atoms with van der Waals surface area (Å²) in [5, 5.41) is 0.618. The topological polar surface area (TPSA) is 47.3 Å². The van der Waals surface area contributed by atoms with Crippen LogP contribution in [0.1, 0.15) is 22.7 Å². The minimum atomic E-state index is -2.86. The third kappa shape index (κ3) is 3.91. The van der Waals surface area contributed by atoms with Gasteiger partial charge in [-0.05, 0) is 41.8 Å². The van der Waals surface area contributed by atoms with Crippen LogP contribution in [0.25, 0.3) is 0 Å². The van der Waals surface area contributed by atoms with E-state index in [1.54, 1.807) is 18.2 Å². The molecule has 2 rings (SSSR count). The molecule has 2 aromatic carbocycles. The molecule has 0 heterocycles. The molecule has 0 fully saturated rings. The lowest BCUT2D eigenvalue weighted by atomic mass is 9.98. The van der Waals surface area contributed by atoms with Crippen LogP contribution in [0.5, 0.6) is 5.75 Å². The van der Waals surface area contributed by atoms with Crippen LogP contribution in [0, 0.1) is 6.92 Å². The van der Waals surface area contributed by atoms with Crippen molar-refractivity contribution in [2.24, 2.45) is 5.84 Å². The molecule has 0 saturated heterocycles. The molecule has 0 aliphatic rings. The fourth-order valence-electron chi connectivity index (χ4n) is 2.04. The van der Waals surface area contributed by atoms with E-state index in [0.717, 1.165) is 11.1 Å². The number of hydrogen-bond acceptors (Lipinski definition) is 3. The van der Waals surface area contributed by atoms with Gasteiger partial charge in [0, 0.05) is 5.02 Å². The minimum absolute atomic E-state index is 0.0842. The molecule has 0 amide bonds. The van der Waals surface area contributed by atoms with Crippen LogP contribution in [0.4, 0.5) is 8.78 Å². The Morgan fingerprint density at radius 2 is 1.86 bits per heavy atom. The van der Waals surface area contributed by atoms with Crippen LogP contribution in [0.3, 0.4) is 0 Å². The molecule has 0 spiro atoms. The summed E-state index contributed by atoms with van der Waals surface area (Å²) in [6, 6.07) is 11.6. The summed E-state index contributed by atoms with van der Waals surface area (Å²) < 4.78 is 29.0. The van der Waals surface area contributed by atoms with E-state index in [4.69, 9.17) is 17.4 Å². The van der Waals surface area contributed by atoms with Crippen LogP contribution in [-0.4, -0.2) is 6.61 Å². The van der Waals surface area contributed by atoms with E-state index in [-0.39, 0.29) is 11.8 Å². The summed E-state index contributed by atoms with van der Waals surface area (Å²) in [6.07, 6.45) is 0. The van der Waals surface area contributed by atoms with E-state index >= 15 is 0 Å². The molecule has 0 radical (unpaired) electrons. The first kappa shape index (κ1) is 15.7. The predicted molar refractivity (Wildman–Crippen MR) is 78.4 cm³/mol. The molecule has 3 N–H and O–H groups in total. The molecule has 1 atom stereocenters. The van der Waals surface area contributed by atoms with Gasteiger partial charge in [-0.25, -0.2) is 5.43 Å². The van der Waals surface area contributed by atoms with Gasteiger partial charge in [0.2, 0.25) is 0 Å². The second-order valence-electron chi connectivity index (χ2n) is 4.56. The number of nitrogens with one attached hydrogen (secondary N) is 1. The second-order valence-corrected chi connectivity index (χ2v) is 4.97. The van der Waals surface area contributed by atoms with Gasteiger partial charge in [0.15, 0.2) is 0 Å². The van der Waals surface area contributed by atoms with E-state index in [1.807, 2.05) is 19.1 Å². The lowest BCUT2D eigenvalue weighted by Crippen LogP contribution is -2.28. The Hall–Kier alpha value is -1.69. The molecule has 0 saturated carbocycles. The number of hydrogen-bond donors (Lipinski definition) is 2. The fourth-order valence-corrected chi connectivity index (χ4v) is 2.23. The number of rotatable bonds is 5. The molecular weight excluding hydrogens is 298 g/mol. The first-order valence-corrected chi connectivity index (χ1v) is 6.66. The number of halogens is 3. The lowest BCUT2D eigenvalue weighted by molar-refractivity contribution is -0.0498. The van der Waals surface area contributed by atoms with Crippen LogP contribution < -0.4 is 16.0 Å². The monoisotopic (exact) mass is 312 g/mol. The number of nitrogens with two attached hydrogens (primary N) is 1. The van der Waals surface area contributed by atoms with Crippen molar-refractivity contribution in [2.75, 3.05) is 0 Å². The van der Waals surface area contributed by atoms with Crippen LogP contribution in [0.2, 0.25) is 5.02 Å². The highest BCUT2D eigenvalue weighted by Crippen LogP contribution is 2.28. The van der Waals surface area contributed by atoms with Gasteiger partial charge in [0.05, 0.1) is 6.04 Å². The average Bonchev–Trinajstić information content (AvgIpc) is 2.43. The van der Waals surface area contributed by atoms with Crippen molar-refractivity contribution >= 4 is 11.6 Å². The van der Waals surface area contributed by atoms with Crippen molar-refractivity contribution in [3.05, 3.63) is 64.2 Å². The highest BCUT2D eigenvalue weighted by Gasteiger charge is 2.15. The lowest BCUT2D eigenvalue weighted by Gasteiger charge is -2.18. The Morgan fingerprint density at radius 1 is 1.14 bits per heavy atom. The van der Waals surface area contributed by atoms with Crippen molar-refractivity contribution in [1.82, 2.24) is 5.43 Å². The summed E-state index contributed by atoms with van der Waals surface area (Å²) in [5.74, 6) is 5.68. The van der Waals surface area contributed by atoms with Gasteiger partial charge in [-0.3, -0.25) is 5.84 Å². The van der Waals surface area contributed by atoms with Crippen LogP contribution in [-0.2, 0) is 0 Å². The molecule has 1 unspecified atom stereocenters. The summed E-state index contributed by atoms with van der Waals surface area (Å²) in [5.41, 5.74) is 5.15. The SMILES string of the molecule is Cc1ccc(C(NN)c2cccc(OC(F)F)c2)cc1Cl. The molecule has 112 valence electrons.